The molecule has 0 unspecified atom stereocenters. The number of nitriles is 1. The molecule has 0 bridgehead atoms. The molecule has 0 aromatic heterocycles. The Morgan fingerprint density at radius 1 is 1.33 bits per heavy atom. The summed E-state index contributed by atoms with van der Waals surface area (Å²) in [7, 11) is 1.50. The molecule has 27 heavy (non-hydrogen) atoms. The van der Waals surface area contributed by atoms with Crippen LogP contribution in [0.4, 0.5) is 0 Å². The molecule has 1 heterocycles. The SMILES string of the molecule is COc1cc(/C=N\NC(=O)[C@H]2COc3ccccc3O2)ccc1OCC#N. The van der Waals surface area contributed by atoms with Gasteiger partial charge in [0.1, 0.15) is 12.7 Å². The van der Waals surface area contributed by atoms with Crippen LogP contribution in [0.1, 0.15) is 5.56 Å². The van der Waals surface area contributed by atoms with Crippen molar-refractivity contribution >= 4 is 12.1 Å². The van der Waals surface area contributed by atoms with Crippen LogP contribution in [-0.2, 0) is 4.79 Å². The van der Waals surface area contributed by atoms with E-state index in [4.69, 9.17) is 24.2 Å². The number of benzene rings is 2. The first kappa shape index (κ1) is 18.1. The van der Waals surface area contributed by atoms with Gasteiger partial charge in [-0.25, -0.2) is 5.43 Å². The van der Waals surface area contributed by atoms with Crippen molar-refractivity contribution in [2.24, 2.45) is 5.10 Å². The number of hydrogen-bond acceptors (Lipinski definition) is 7. The molecular weight excluding hydrogens is 350 g/mol. The highest BCUT2D eigenvalue weighted by atomic mass is 16.6. The molecule has 1 amide bonds. The maximum absolute atomic E-state index is 12.2. The van der Waals surface area contributed by atoms with Crippen molar-refractivity contribution in [3.05, 3.63) is 48.0 Å². The van der Waals surface area contributed by atoms with Gasteiger partial charge < -0.3 is 18.9 Å². The third kappa shape index (κ3) is 4.46. The minimum atomic E-state index is -0.784. The smallest absolute Gasteiger partial charge is 0.284 e. The molecule has 1 aliphatic heterocycles. The monoisotopic (exact) mass is 367 g/mol. The van der Waals surface area contributed by atoms with Crippen LogP contribution in [0, 0.1) is 11.3 Å². The van der Waals surface area contributed by atoms with Gasteiger partial charge in [-0.05, 0) is 35.9 Å². The summed E-state index contributed by atoms with van der Waals surface area (Å²) in [5, 5.41) is 12.5. The Hall–Kier alpha value is -3.73. The number of carbonyl (C=O) groups excluding carboxylic acids is 1. The van der Waals surface area contributed by atoms with Crippen LogP contribution in [0.3, 0.4) is 0 Å². The average Bonchev–Trinajstić information content (AvgIpc) is 2.72. The van der Waals surface area contributed by atoms with Crippen molar-refractivity contribution in [2.75, 3.05) is 20.3 Å². The fourth-order valence-electron chi connectivity index (χ4n) is 2.38. The van der Waals surface area contributed by atoms with E-state index in [1.54, 1.807) is 36.4 Å². The highest BCUT2D eigenvalue weighted by Gasteiger charge is 2.26. The fourth-order valence-corrected chi connectivity index (χ4v) is 2.38. The standard InChI is InChI=1S/C19H17N3O5/c1-24-17-10-13(6-7-15(17)25-9-8-20)11-21-22-19(23)18-12-26-14-4-2-3-5-16(14)27-18/h2-7,10-11,18H,9,12H2,1H3,(H,22,23)/b21-11-/t18-/m1/s1. The van der Waals surface area contributed by atoms with Crippen LogP contribution in [0.15, 0.2) is 47.6 Å². The summed E-state index contributed by atoms with van der Waals surface area (Å²) >= 11 is 0. The summed E-state index contributed by atoms with van der Waals surface area (Å²) in [4.78, 5) is 12.2. The van der Waals surface area contributed by atoms with Gasteiger partial charge in [0.05, 0.1) is 13.3 Å². The van der Waals surface area contributed by atoms with E-state index in [0.717, 1.165) is 0 Å². The molecule has 0 saturated heterocycles. The number of methoxy groups -OCH3 is 1. The number of carbonyl (C=O) groups is 1. The van der Waals surface area contributed by atoms with E-state index >= 15 is 0 Å². The van der Waals surface area contributed by atoms with Crippen LogP contribution in [0.2, 0.25) is 0 Å². The van der Waals surface area contributed by atoms with Gasteiger partial charge >= 0.3 is 0 Å². The average molecular weight is 367 g/mol. The largest absolute Gasteiger partial charge is 0.493 e. The molecule has 0 aliphatic carbocycles. The van der Waals surface area contributed by atoms with Crippen LogP contribution < -0.4 is 24.4 Å². The van der Waals surface area contributed by atoms with Crippen molar-refractivity contribution in [1.82, 2.24) is 5.43 Å². The number of para-hydroxylation sites is 2. The third-order valence-electron chi connectivity index (χ3n) is 3.67. The molecule has 0 spiro atoms. The summed E-state index contributed by atoms with van der Waals surface area (Å²) in [5.74, 6) is 1.62. The summed E-state index contributed by atoms with van der Waals surface area (Å²) in [6.07, 6.45) is 0.680. The second-order valence-electron chi connectivity index (χ2n) is 5.46. The first-order chi connectivity index (χ1) is 13.2. The quantitative estimate of drug-likeness (QED) is 0.618. The molecule has 2 aromatic carbocycles. The van der Waals surface area contributed by atoms with E-state index in [1.807, 2.05) is 12.1 Å². The Morgan fingerprint density at radius 3 is 2.93 bits per heavy atom. The van der Waals surface area contributed by atoms with E-state index in [-0.39, 0.29) is 13.2 Å². The van der Waals surface area contributed by atoms with E-state index in [0.29, 0.717) is 28.6 Å². The van der Waals surface area contributed by atoms with Gasteiger partial charge in [-0.3, -0.25) is 4.79 Å². The molecule has 8 nitrogen and oxygen atoms in total. The molecule has 8 heteroatoms. The molecular formula is C19H17N3O5. The van der Waals surface area contributed by atoms with Crippen LogP contribution in [0.25, 0.3) is 0 Å². The van der Waals surface area contributed by atoms with Gasteiger partial charge in [-0.15, -0.1) is 0 Å². The second kappa shape index (κ2) is 8.58. The van der Waals surface area contributed by atoms with Gasteiger partial charge in [0.2, 0.25) is 6.10 Å². The zero-order valence-electron chi connectivity index (χ0n) is 14.5. The maximum atomic E-state index is 12.2. The van der Waals surface area contributed by atoms with Gasteiger partial charge in [0, 0.05) is 0 Å². The summed E-state index contributed by atoms with van der Waals surface area (Å²) in [6, 6.07) is 14.1. The van der Waals surface area contributed by atoms with Gasteiger partial charge in [-0.2, -0.15) is 10.4 Å². The summed E-state index contributed by atoms with van der Waals surface area (Å²) < 4.78 is 21.6. The Balaban J connectivity index is 1.59. The highest BCUT2D eigenvalue weighted by molar-refractivity contribution is 5.85. The van der Waals surface area contributed by atoms with Crippen molar-refractivity contribution in [1.29, 1.82) is 5.26 Å². The Morgan fingerprint density at radius 2 is 2.15 bits per heavy atom. The Bertz CT molecular complexity index is 891. The van der Waals surface area contributed by atoms with E-state index in [2.05, 4.69) is 10.5 Å². The number of fused-ring (bicyclic) bond motifs is 1. The minimum Gasteiger partial charge on any atom is -0.493 e. The molecule has 0 radical (unpaired) electrons. The molecule has 2 aromatic rings. The zero-order chi connectivity index (χ0) is 19.1. The predicted molar refractivity (Wildman–Crippen MR) is 96.2 cm³/mol. The van der Waals surface area contributed by atoms with Gasteiger partial charge in [0.25, 0.3) is 5.91 Å². The summed E-state index contributed by atoms with van der Waals surface area (Å²) in [5.41, 5.74) is 3.11. The fraction of sp³-hybridized carbons (Fsp3) is 0.211. The number of amides is 1. The highest BCUT2D eigenvalue weighted by Crippen LogP contribution is 2.31. The number of hydrogen-bond donors (Lipinski definition) is 1. The maximum Gasteiger partial charge on any atom is 0.284 e. The number of rotatable bonds is 6. The van der Waals surface area contributed by atoms with Gasteiger partial charge in [0.15, 0.2) is 29.6 Å². The predicted octanol–water partition coefficient (Wildman–Crippen LogP) is 1.89. The van der Waals surface area contributed by atoms with Crippen molar-refractivity contribution < 1.29 is 23.7 Å². The third-order valence-corrected chi connectivity index (χ3v) is 3.67. The lowest BCUT2D eigenvalue weighted by Gasteiger charge is -2.24. The number of ether oxygens (including phenoxy) is 4. The van der Waals surface area contributed by atoms with Crippen molar-refractivity contribution in [2.45, 2.75) is 6.10 Å². The van der Waals surface area contributed by atoms with Gasteiger partial charge in [-0.1, -0.05) is 12.1 Å². The molecule has 1 aliphatic rings. The summed E-state index contributed by atoms with van der Waals surface area (Å²) in [6.45, 7) is 0.0313. The molecule has 1 N–H and O–H groups in total. The topological polar surface area (TPSA) is 102 Å². The van der Waals surface area contributed by atoms with E-state index < -0.39 is 12.0 Å². The van der Waals surface area contributed by atoms with Crippen molar-refractivity contribution in [3.8, 4) is 29.1 Å². The first-order valence-electron chi connectivity index (χ1n) is 8.10. The second-order valence-corrected chi connectivity index (χ2v) is 5.46. The Labute approximate surface area is 155 Å². The first-order valence-corrected chi connectivity index (χ1v) is 8.10. The van der Waals surface area contributed by atoms with Crippen LogP contribution in [0.5, 0.6) is 23.0 Å². The molecule has 1 atom stereocenters. The molecule has 0 saturated carbocycles. The lowest BCUT2D eigenvalue weighted by atomic mass is 10.2. The number of nitrogens with one attached hydrogen (secondary N) is 1. The van der Waals surface area contributed by atoms with E-state index in [1.165, 1.54) is 13.3 Å². The normalized spacial score (nSPS) is 15.0. The lowest BCUT2D eigenvalue weighted by Crippen LogP contribution is -2.42. The van der Waals surface area contributed by atoms with Crippen molar-refractivity contribution in [3.63, 3.8) is 0 Å². The minimum absolute atomic E-state index is 0.0769. The lowest BCUT2D eigenvalue weighted by molar-refractivity contribution is -0.130. The van der Waals surface area contributed by atoms with Crippen LogP contribution in [-0.4, -0.2) is 38.5 Å². The number of hydrazone groups is 1. The Kier molecular flexibility index (Phi) is 5.74. The van der Waals surface area contributed by atoms with Crippen LogP contribution >= 0.6 is 0 Å². The van der Waals surface area contributed by atoms with E-state index in [9.17, 15) is 4.79 Å². The number of nitrogens with zero attached hydrogens (tertiary/aromatic N) is 2. The molecule has 138 valence electrons. The molecule has 3 rings (SSSR count). The molecule has 0 fully saturated rings. The zero-order valence-corrected chi connectivity index (χ0v) is 14.5.